The van der Waals surface area contributed by atoms with Crippen LogP contribution in [0.2, 0.25) is 0 Å². The normalized spacial score (nSPS) is 10.3. The maximum Gasteiger partial charge on any atom is 0.330 e. The van der Waals surface area contributed by atoms with Gasteiger partial charge in [0.15, 0.2) is 0 Å². The van der Waals surface area contributed by atoms with Gasteiger partial charge in [-0.15, -0.1) is 0 Å². The van der Waals surface area contributed by atoms with Gasteiger partial charge >= 0.3 is 17.9 Å². The zero-order valence-corrected chi connectivity index (χ0v) is 17.4. The van der Waals surface area contributed by atoms with Crippen molar-refractivity contribution in [3.63, 3.8) is 0 Å². The quantitative estimate of drug-likeness (QED) is 0.124. The maximum absolute atomic E-state index is 11.0. The molecule has 0 rings (SSSR count). The van der Waals surface area contributed by atoms with Crippen molar-refractivity contribution in [1.29, 1.82) is 0 Å². The van der Waals surface area contributed by atoms with Gasteiger partial charge in [-0.25, -0.2) is 14.4 Å². The molecule has 9 nitrogen and oxygen atoms in total. The number of carbonyl (C=O) groups excluding carboxylic acids is 3. The van der Waals surface area contributed by atoms with Gasteiger partial charge in [0, 0.05) is 50.7 Å². The van der Waals surface area contributed by atoms with Gasteiger partial charge in [0.1, 0.15) is 6.10 Å². The van der Waals surface area contributed by atoms with Crippen LogP contribution in [0, 0.1) is 0 Å². The second-order valence-corrected chi connectivity index (χ2v) is 5.82. The number of carbonyl (C=O) groups is 3. The van der Waals surface area contributed by atoms with Crippen molar-refractivity contribution < 1.29 is 42.8 Å². The zero-order chi connectivity index (χ0) is 22.5. The molecular formula is C21H32O9. The van der Waals surface area contributed by atoms with E-state index >= 15 is 0 Å². The zero-order valence-electron chi connectivity index (χ0n) is 17.4. The molecule has 0 N–H and O–H groups in total. The van der Waals surface area contributed by atoms with Crippen molar-refractivity contribution in [1.82, 2.24) is 0 Å². The largest absolute Gasteiger partial charge is 0.462 e. The van der Waals surface area contributed by atoms with Crippen molar-refractivity contribution >= 4 is 17.9 Å². The van der Waals surface area contributed by atoms with E-state index in [0.717, 1.165) is 18.2 Å². The smallest absolute Gasteiger partial charge is 0.330 e. The lowest BCUT2D eigenvalue weighted by atomic mass is 10.4. The Labute approximate surface area is 177 Å². The van der Waals surface area contributed by atoms with Crippen molar-refractivity contribution in [3.05, 3.63) is 38.0 Å². The summed E-state index contributed by atoms with van der Waals surface area (Å²) in [5.74, 6) is -1.42. The number of esters is 3. The lowest BCUT2D eigenvalue weighted by Crippen LogP contribution is -2.27. The van der Waals surface area contributed by atoms with E-state index < -0.39 is 17.9 Å². The Balaban J connectivity index is 4.05. The standard InChI is InChI=1S/C21H32O9/c1-4-19(22)28-13-7-10-25-16-18(27-12-9-15-30-21(24)6-3)17-26-11-8-14-29-20(23)5-2/h4-6,18H,1-3,7-17H2. The molecule has 0 aliphatic heterocycles. The summed E-state index contributed by atoms with van der Waals surface area (Å²) in [7, 11) is 0. The highest BCUT2D eigenvalue weighted by atomic mass is 16.6. The summed E-state index contributed by atoms with van der Waals surface area (Å²) in [5.41, 5.74) is 0. The Morgan fingerprint density at radius 3 is 1.33 bits per heavy atom. The molecule has 0 aromatic carbocycles. The van der Waals surface area contributed by atoms with Gasteiger partial charge in [-0.2, -0.15) is 0 Å². The number of hydrogen-bond donors (Lipinski definition) is 0. The molecular weight excluding hydrogens is 396 g/mol. The SMILES string of the molecule is C=CC(=O)OCCCOCC(COCCCOC(=O)C=C)OCCCOC(=O)C=C. The van der Waals surface area contributed by atoms with Crippen LogP contribution in [0.5, 0.6) is 0 Å². The second-order valence-electron chi connectivity index (χ2n) is 5.82. The van der Waals surface area contributed by atoms with Gasteiger partial charge in [-0.1, -0.05) is 19.7 Å². The molecule has 0 aliphatic rings. The van der Waals surface area contributed by atoms with Crippen molar-refractivity contribution in [3.8, 4) is 0 Å². The van der Waals surface area contributed by atoms with Gasteiger partial charge in [-0.3, -0.25) is 0 Å². The van der Waals surface area contributed by atoms with Gasteiger partial charge in [0.05, 0.1) is 39.6 Å². The average Bonchev–Trinajstić information content (AvgIpc) is 2.76. The van der Waals surface area contributed by atoms with E-state index in [2.05, 4.69) is 19.7 Å². The molecule has 0 fully saturated rings. The molecule has 0 aliphatic carbocycles. The Kier molecular flexibility index (Phi) is 18.2. The predicted molar refractivity (Wildman–Crippen MR) is 109 cm³/mol. The Morgan fingerprint density at radius 1 is 0.600 bits per heavy atom. The summed E-state index contributed by atoms with van der Waals surface area (Å²) in [6, 6.07) is 0. The molecule has 0 heterocycles. The van der Waals surface area contributed by atoms with Crippen LogP contribution >= 0.6 is 0 Å². The van der Waals surface area contributed by atoms with Crippen LogP contribution in [0.25, 0.3) is 0 Å². The Hall–Kier alpha value is -2.49. The molecule has 0 saturated heterocycles. The first kappa shape index (κ1) is 27.5. The average molecular weight is 428 g/mol. The molecule has 0 bridgehead atoms. The molecule has 30 heavy (non-hydrogen) atoms. The van der Waals surface area contributed by atoms with E-state index in [1.54, 1.807) is 0 Å². The fraction of sp³-hybridized carbons (Fsp3) is 0.571. The van der Waals surface area contributed by atoms with E-state index in [1.807, 2.05) is 0 Å². The van der Waals surface area contributed by atoms with Crippen molar-refractivity contribution in [2.75, 3.05) is 52.9 Å². The molecule has 0 saturated carbocycles. The molecule has 170 valence electrons. The van der Waals surface area contributed by atoms with Gasteiger partial charge < -0.3 is 28.4 Å². The summed E-state index contributed by atoms with van der Waals surface area (Å²) < 4.78 is 31.4. The van der Waals surface area contributed by atoms with Crippen molar-refractivity contribution in [2.24, 2.45) is 0 Å². The first-order chi connectivity index (χ1) is 14.5. The monoisotopic (exact) mass is 428 g/mol. The molecule has 0 amide bonds. The molecule has 0 radical (unpaired) electrons. The molecule has 0 aromatic heterocycles. The Morgan fingerprint density at radius 2 is 0.967 bits per heavy atom. The summed E-state index contributed by atoms with van der Waals surface area (Å²) >= 11 is 0. The van der Waals surface area contributed by atoms with Crippen LogP contribution in [0.3, 0.4) is 0 Å². The van der Waals surface area contributed by atoms with Crippen LogP contribution in [0.4, 0.5) is 0 Å². The van der Waals surface area contributed by atoms with E-state index in [1.165, 1.54) is 0 Å². The first-order valence-corrected chi connectivity index (χ1v) is 9.68. The molecule has 0 aromatic rings. The Bertz CT molecular complexity index is 499. The van der Waals surface area contributed by atoms with Crippen molar-refractivity contribution in [2.45, 2.75) is 25.4 Å². The van der Waals surface area contributed by atoms with Crippen LogP contribution in [0.1, 0.15) is 19.3 Å². The lowest BCUT2D eigenvalue weighted by molar-refractivity contribution is -0.140. The minimum absolute atomic E-state index is 0.225. The highest BCUT2D eigenvalue weighted by Gasteiger charge is 2.11. The minimum Gasteiger partial charge on any atom is -0.462 e. The third-order valence-corrected chi connectivity index (χ3v) is 3.35. The van der Waals surface area contributed by atoms with E-state index in [9.17, 15) is 14.4 Å². The lowest BCUT2D eigenvalue weighted by Gasteiger charge is -2.18. The molecule has 0 unspecified atom stereocenters. The summed E-state index contributed by atoms with van der Waals surface area (Å²) in [4.78, 5) is 32.9. The summed E-state index contributed by atoms with van der Waals surface area (Å²) in [6.07, 6.45) is 4.58. The third kappa shape index (κ3) is 17.6. The fourth-order valence-electron chi connectivity index (χ4n) is 1.90. The predicted octanol–water partition coefficient (Wildman–Crippen LogP) is 1.76. The fourth-order valence-corrected chi connectivity index (χ4v) is 1.90. The van der Waals surface area contributed by atoms with Gasteiger partial charge in [0.2, 0.25) is 0 Å². The minimum atomic E-state index is -0.479. The van der Waals surface area contributed by atoms with Crippen LogP contribution in [-0.2, 0) is 42.8 Å². The van der Waals surface area contributed by atoms with Crippen LogP contribution < -0.4 is 0 Å². The van der Waals surface area contributed by atoms with E-state index in [-0.39, 0.29) is 39.1 Å². The molecule has 9 heteroatoms. The van der Waals surface area contributed by atoms with Crippen LogP contribution in [-0.4, -0.2) is 76.9 Å². The maximum atomic E-state index is 11.0. The third-order valence-electron chi connectivity index (χ3n) is 3.35. The molecule has 0 atom stereocenters. The highest BCUT2D eigenvalue weighted by molar-refractivity contribution is 5.81. The van der Waals surface area contributed by atoms with Gasteiger partial charge in [-0.05, 0) is 0 Å². The first-order valence-electron chi connectivity index (χ1n) is 9.68. The van der Waals surface area contributed by atoms with E-state index in [4.69, 9.17) is 28.4 Å². The van der Waals surface area contributed by atoms with Crippen LogP contribution in [0.15, 0.2) is 38.0 Å². The highest BCUT2D eigenvalue weighted by Crippen LogP contribution is 2.00. The number of rotatable bonds is 20. The summed E-state index contributed by atoms with van der Waals surface area (Å²) in [5, 5.41) is 0. The summed E-state index contributed by atoms with van der Waals surface area (Å²) in [6.45, 7) is 12.4. The molecule has 0 spiro atoms. The number of hydrogen-bond acceptors (Lipinski definition) is 9. The number of ether oxygens (including phenoxy) is 6. The topological polar surface area (TPSA) is 107 Å². The second kappa shape index (κ2) is 19.8. The van der Waals surface area contributed by atoms with E-state index in [0.29, 0.717) is 39.1 Å². The van der Waals surface area contributed by atoms with Gasteiger partial charge in [0.25, 0.3) is 0 Å².